The van der Waals surface area contributed by atoms with Crippen LogP contribution < -0.4 is 25.4 Å². The Kier molecular flexibility index (Phi) is 7.96. The number of ether oxygens (including phenoxy) is 2. The second-order valence-electron chi connectivity index (χ2n) is 5.65. The average Bonchev–Trinajstić information content (AvgIpc) is 2.70. The lowest BCUT2D eigenvalue weighted by atomic mass is 10.2. The highest BCUT2D eigenvalue weighted by molar-refractivity contribution is 5.94. The summed E-state index contributed by atoms with van der Waals surface area (Å²) in [7, 11) is 3.20. The van der Waals surface area contributed by atoms with Crippen LogP contribution in [0.25, 0.3) is 0 Å². The number of aliphatic imine (C=N–C) groups is 1. The van der Waals surface area contributed by atoms with Crippen molar-refractivity contribution in [3.05, 3.63) is 54.1 Å². The summed E-state index contributed by atoms with van der Waals surface area (Å²) in [6, 6.07) is 15.0. The van der Waals surface area contributed by atoms with Crippen LogP contribution in [0.4, 0.5) is 5.69 Å². The minimum Gasteiger partial charge on any atom is -0.493 e. The van der Waals surface area contributed by atoms with Gasteiger partial charge in [-0.3, -0.25) is 4.79 Å². The second kappa shape index (κ2) is 10.7. The summed E-state index contributed by atoms with van der Waals surface area (Å²) < 4.78 is 10.5. The lowest BCUT2D eigenvalue weighted by Gasteiger charge is -2.12. The van der Waals surface area contributed by atoms with Crippen molar-refractivity contribution in [3.63, 3.8) is 0 Å². The zero-order chi connectivity index (χ0) is 19.5. The van der Waals surface area contributed by atoms with Crippen LogP contribution in [0, 0.1) is 0 Å². The number of nitrogens with zero attached hydrogens (tertiary/aromatic N) is 1. The van der Waals surface area contributed by atoms with Crippen LogP contribution in [0.3, 0.4) is 0 Å². The van der Waals surface area contributed by atoms with Gasteiger partial charge < -0.3 is 25.4 Å². The maximum absolute atomic E-state index is 12.1. The lowest BCUT2D eigenvalue weighted by Crippen LogP contribution is -2.41. The smallest absolute Gasteiger partial charge is 0.243 e. The molecule has 0 heterocycles. The van der Waals surface area contributed by atoms with Gasteiger partial charge in [-0.25, -0.2) is 4.99 Å². The van der Waals surface area contributed by atoms with Crippen LogP contribution >= 0.6 is 0 Å². The molecule has 0 aliphatic carbocycles. The van der Waals surface area contributed by atoms with E-state index in [-0.39, 0.29) is 12.5 Å². The maximum Gasteiger partial charge on any atom is 0.243 e. The molecule has 3 N–H and O–H groups in total. The van der Waals surface area contributed by atoms with Crippen LogP contribution in [-0.2, 0) is 11.3 Å². The third kappa shape index (κ3) is 6.54. The van der Waals surface area contributed by atoms with Crippen molar-refractivity contribution in [2.24, 2.45) is 4.99 Å². The number of hydrogen-bond acceptors (Lipinski definition) is 4. The third-order valence-corrected chi connectivity index (χ3v) is 3.69. The average molecular weight is 370 g/mol. The summed E-state index contributed by atoms with van der Waals surface area (Å²) in [6.07, 6.45) is 0. The molecule has 0 radical (unpaired) electrons. The van der Waals surface area contributed by atoms with Gasteiger partial charge in [0.05, 0.1) is 27.3 Å². The first kappa shape index (κ1) is 20.1. The van der Waals surface area contributed by atoms with Crippen LogP contribution in [0.1, 0.15) is 12.5 Å². The highest BCUT2D eigenvalue weighted by Crippen LogP contribution is 2.27. The Labute approximate surface area is 159 Å². The Bertz CT molecular complexity index is 763. The molecular formula is C20H26N4O3. The highest BCUT2D eigenvalue weighted by Gasteiger charge is 2.06. The van der Waals surface area contributed by atoms with Crippen molar-refractivity contribution in [1.82, 2.24) is 10.6 Å². The van der Waals surface area contributed by atoms with E-state index >= 15 is 0 Å². The standard InChI is InChI=1S/C20H26N4O3/c1-4-21-20(23-14-19(25)24-16-8-6-5-7-9-16)22-13-15-10-11-17(26-2)18(12-15)27-3/h5-12H,4,13-14H2,1-3H3,(H,24,25)(H2,21,22,23). The number of guanidine groups is 1. The maximum atomic E-state index is 12.1. The number of carbonyl (C=O) groups excluding carboxylic acids is 1. The fourth-order valence-electron chi connectivity index (χ4n) is 2.38. The molecule has 1 amide bonds. The summed E-state index contributed by atoms with van der Waals surface area (Å²) in [5, 5.41) is 8.99. The van der Waals surface area contributed by atoms with Crippen LogP contribution in [-0.4, -0.2) is 39.2 Å². The van der Waals surface area contributed by atoms with Gasteiger partial charge in [0, 0.05) is 12.2 Å². The van der Waals surface area contributed by atoms with Crippen molar-refractivity contribution in [3.8, 4) is 11.5 Å². The zero-order valence-corrected chi connectivity index (χ0v) is 15.9. The van der Waals surface area contributed by atoms with Gasteiger partial charge in [0.15, 0.2) is 17.5 Å². The number of anilines is 1. The zero-order valence-electron chi connectivity index (χ0n) is 15.9. The van der Waals surface area contributed by atoms with E-state index in [0.717, 1.165) is 11.3 Å². The minimum atomic E-state index is -0.141. The first-order chi connectivity index (χ1) is 13.2. The van der Waals surface area contributed by atoms with E-state index in [2.05, 4.69) is 20.9 Å². The molecule has 7 heteroatoms. The summed E-state index contributed by atoms with van der Waals surface area (Å²) in [6.45, 7) is 3.22. The number of para-hydroxylation sites is 1. The predicted octanol–water partition coefficient (Wildman–Crippen LogP) is 2.40. The molecule has 0 aromatic heterocycles. The van der Waals surface area contributed by atoms with E-state index in [4.69, 9.17) is 9.47 Å². The van der Waals surface area contributed by atoms with Gasteiger partial charge >= 0.3 is 0 Å². The predicted molar refractivity (Wildman–Crippen MR) is 107 cm³/mol. The fourth-order valence-corrected chi connectivity index (χ4v) is 2.38. The van der Waals surface area contributed by atoms with E-state index in [1.54, 1.807) is 14.2 Å². The second-order valence-corrected chi connectivity index (χ2v) is 5.65. The molecule has 0 aliphatic rings. The fraction of sp³-hybridized carbons (Fsp3) is 0.300. The molecule has 0 atom stereocenters. The van der Waals surface area contributed by atoms with Gasteiger partial charge in [-0.1, -0.05) is 24.3 Å². The molecule has 2 rings (SSSR count). The number of hydrogen-bond donors (Lipinski definition) is 3. The molecule has 144 valence electrons. The Balaban J connectivity index is 1.94. The van der Waals surface area contributed by atoms with Gasteiger partial charge in [-0.2, -0.15) is 0 Å². The first-order valence-electron chi connectivity index (χ1n) is 8.74. The van der Waals surface area contributed by atoms with E-state index in [1.165, 1.54) is 0 Å². The van der Waals surface area contributed by atoms with Gasteiger partial charge in [-0.15, -0.1) is 0 Å². The molecule has 0 saturated heterocycles. The number of nitrogens with one attached hydrogen (secondary N) is 3. The Morgan fingerprint density at radius 1 is 1.00 bits per heavy atom. The third-order valence-electron chi connectivity index (χ3n) is 3.69. The minimum absolute atomic E-state index is 0.118. The van der Waals surface area contributed by atoms with Crippen LogP contribution in [0.15, 0.2) is 53.5 Å². The number of rotatable bonds is 8. The van der Waals surface area contributed by atoms with Crippen molar-refractivity contribution >= 4 is 17.6 Å². The van der Waals surface area contributed by atoms with Crippen LogP contribution in [0.5, 0.6) is 11.5 Å². The number of carbonyl (C=O) groups is 1. The molecular weight excluding hydrogens is 344 g/mol. The Morgan fingerprint density at radius 3 is 2.41 bits per heavy atom. The summed E-state index contributed by atoms with van der Waals surface area (Å²) in [4.78, 5) is 16.6. The quantitative estimate of drug-likeness (QED) is 0.491. The van der Waals surface area contributed by atoms with E-state index in [9.17, 15) is 4.79 Å². The van der Waals surface area contributed by atoms with Gasteiger partial charge in [0.2, 0.25) is 5.91 Å². The molecule has 2 aromatic rings. The van der Waals surface area contributed by atoms with Crippen molar-refractivity contribution < 1.29 is 14.3 Å². The van der Waals surface area contributed by atoms with Gasteiger partial charge in [-0.05, 0) is 36.8 Å². The van der Waals surface area contributed by atoms with Crippen molar-refractivity contribution in [2.75, 3.05) is 32.6 Å². The molecule has 0 spiro atoms. The van der Waals surface area contributed by atoms with Gasteiger partial charge in [0.25, 0.3) is 0 Å². The highest BCUT2D eigenvalue weighted by atomic mass is 16.5. The SMILES string of the molecule is CCNC(=NCc1ccc(OC)c(OC)c1)NCC(=O)Nc1ccccc1. The normalized spacial score (nSPS) is 10.9. The molecule has 0 unspecified atom stereocenters. The molecule has 2 aromatic carbocycles. The largest absolute Gasteiger partial charge is 0.493 e. The first-order valence-corrected chi connectivity index (χ1v) is 8.74. The number of benzene rings is 2. The van der Waals surface area contributed by atoms with Crippen molar-refractivity contribution in [1.29, 1.82) is 0 Å². The van der Waals surface area contributed by atoms with E-state index in [1.807, 2.05) is 55.5 Å². The van der Waals surface area contributed by atoms with Crippen LogP contribution in [0.2, 0.25) is 0 Å². The van der Waals surface area contributed by atoms with E-state index in [0.29, 0.717) is 30.5 Å². The number of methoxy groups -OCH3 is 2. The molecule has 0 aliphatic heterocycles. The van der Waals surface area contributed by atoms with E-state index < -0.39 is 0 Å². The Morgan fingerprint density at radius 2 is 1.74 bits per heavy atom. The summed E-state index contributed by atoms with van der Waals surface area (Å²) in [5.74, 6) is 1.76. The lowest BCUT2D eigenvalue weighted by molar-refractivity contribution is -0.115. The van der Waals surface area contributed by atoms with Gasteiger partial charge in [0.1, 0.15) is 0 Å². The van der Waals surface area contributed by atoms with Crippen molar-refractivity contribution in [2.45, 2.75) is 13.5 Å². The molecule has 27 heavy (non-hydrogen) atoms. The summed E-state index contributed by atoms with van der Waals surface area (Å²) >= 11 is 0. The number of amides is 1. The topological polar surface area (TPSA) is 84.0 Å². The Hall–Kier alpha value is -3.22. The monoisotopic (exact) mass is 370 g/mol. The molecule has 0 saturated carbocycles. The molecule has 0 bridgehead atoms. The summed E-state index contributed by atoms with van der Waals surface area (Å²) in [5.41, 5.74) is 1.73. The molecule has 0 fully saturated rings. The molecule has 7 nitrogen and oxygen atoms in total.